The second-order valence-electron chi connectivity index (χ2n) is 9.35. The molecule has 0 bridgehead atoms. The first-order valence-electron chi connectivity index (χ1n) is 13.1. The number of halogens is 1. The molecule has 0 saturated carbocycles. The molecule has 0 aliphatic carbocycles. The van der Waals surface area contributed by atoms with Crippen LogP contribution in [0.4, 0.5) is 16.2 Å². The monoisotopic (exact) mass is 625 g/mol. The van der Waals surface area contributed by atoms with E-state index in [9.17, 15) is 14.4 Å². The quantitative estimate of drug-likeness (QED) is 0.254. The van der Waals surface area contributed by atoms with Gasteiger partial charge in [-0.15, -0.1) is 0 Å². The SMILES string of the molecule is COC(=O)c1ccc(OC[C@@H]2CCCN2OCC(=O)Cc2ccc(NC(=O)Nc3ccccc3Br)c(OC)c2)cc1. The normalized spacial score (nSPS) is 14.8. The summed E-state index contributed by atoms with van der Waals surface area (Å²) in [4.78, 5) is 42.6. The molecule has 1 aliphatic heterocycles. The summed E-state index contributed by atoms with van der Waals surface area (Å²) in [6.45, 7) is 1.03. The number of amides is 2. The van der Waals surface area contributed by atoms with E-state index in [4.69, 9.17) is 19.0 Å². The molecule has 1 saturated heterocycles. The average molecular weight is 627 g/mol. The third-order valence-corrected chi connectivity index (χ3v) is 7.16. The molecule has 0 spiro atoms. The lowest BCUT2D eigenvalue weighted by Gasteiger charge is -2.23. The molecular formula is C30H32BrN3O7. The summed E-state index contributed by atoms with van der Waals surface area (Å²) < 4.78 is 16.8. The van der Waals surface area contributed by atoms with Crippen LogP contribution in [0.1, 0.15) is 28.8 Å². The van der Waals surface area contributed by atoms with Crippen molar-refractivity contribution in [2.45, 2.75) is 25.3 Å². The first-order chi connectivity index (χ1) is 19.9. The van der Waals surface area contributed by atoms with Crippen LogP contribution in [0.2, 0.25) is 0 Å². The van der Waals surface area contributed by atoms with Crippen molar-refractivity contribution in [1.29, 1.82) is 0 Å². The molecule has 11 heteroatoms. The molecule has 2 N–H and O–H groups in total. The topological polar surface area (TPSA) is 115 Å². The lowest BCUT2D eigenvalue weighted by atomic mass is 10.1. The summed E-state index contributed by atoms with van der Waals surface area (Å²) in [6.07, 6.45) is 1.97. The zero-order chi connectivity index (χ0) is 29.2. The largest absolute Gasteiger partial charge is 0.495 e. The standard InChI is InChI=1S/C30H32BrN3O7/c1-38-28-17-20(9-14-27(28)33-30(37)32-26-8-4-3-7-25(26)31)16-23(35)19-41-34-15-5-6-22(34)18-40-24-12-10-21(11-13-24)29(36)39-2/h3-4,7-14,17,22H,5-6,15-16,18-19H2,1-2H3,(H2,32,33,37)/t22-/m0/s1. The van der Waals surface area contributed by atoms with Gasteiger partial charge in [-0.25, -0.2) is 9.59 Å². The number of ketones is 1. The molecule has 0 radical (unpaired) electrons. The number of benzene rings is 3. The maximum atomic E-state index is 12.7. The van der Waals surface area contributed by atoms with Gasteiger partial charge in [0.25, 0.3) is 0 Å². The number of carbonyl (C=O) groups excluding carboxylic acids is 3. The van der Waals surface area contributed by atoms with Gasteiger partial charge in [-0.3, -0.25) is 9.63 Å². The Kier molecular flexibility index (Phi) is 10.7. The van der Waals surface area contributed by atoms with Crippen LogP contribution in [0.3, 0.4) is 0 Å². The Morgan fingerprint density at radius 1 is 0.976 bits per heavy atom. The molecule has 1 atom stereocenters. The zero-order valence-electron chi connectivity index (χ0n) is 22.9. The number of nitrogens with one attached hydrogen (secondary N) is 2. The minimum Gasteiger partial charge on any atom is -0.495 e. The van der Waals surface area contributed by atoms with E-state index in [2.05, 4.69) is 26.6 Å². The van der Waals surface area contributed by atoms with Gasteiger partial charge in [-0.1, -0.05) is 18.2 Å². The molecule has 3 aromatic rings. The molecule has 4 rings (SSSR count). The second-order valence-corrected chi connectivity index (χ2v) is 10.2. The maximum absolute atomic E-state index is 12.7. The van der Waals surface area contributed by atoms with Crippen LogP contribution in [0.15, 0.2) is 71.2 Å². The number of para-hydroxylation sites is 1. The summed E-state index contributed by atoms with van der Waals surface area (Å²) >= 11 is 3.40. The predicted octanol–water partition coefficient (Wildman–Crippen LogP) is 5.47. The highest BCUT2D eigenvalue weighted by molar-refractivity contribution is 9.10. The van der Waals surface area contributed by atoms with Crippen LogP contribution < -0.4 is 20.1 Å². The van der Waals surface area contributed by atoms with E-state index in [0.29, 0.717) is 41.6 Å². The highest BCUT2D eigenvalue weighted by atomic mass is 79.9. The van der Waals surface area contributed by atoms with Crippen molar-refractivity contribution in [1.82, 2.24) is 5.06 Å². The number of rotatable bonds is 12. The van der Waals surface area contributed by atoms with E-state index in [1.165, 1.54) is 14.2 Å². The fourth-order valence-electron chi connectivity index (χ4n) is 4.36. The first kappa shape index (κ1) is 30.0. The molecule has 3 aromatic carbocycles. The van der Waals surface area contributed by atoms with Crippen molar-refractivity contribution in [3.63, 3.8) is 0 Å². The number of hydrogen-bond acceptors (Lipinski definition) is 8. The molecule has 0 unspecified atom stereocenters. The fraction of sp³-hybridized carbons (Fsp3) is 0.300. The number of anilines is 2. The van der Waals surface area contributed by atoms with Gasteiger partial charge in [-0.2, -0.15) is 5.06 Å². The number of nitrogens with zero attached hydrogens (tertiary/aromatic N) is 1. The summed E-state index contributed by atoms with van der Waals surface area (Å²) in [5, 5.41) is 7.35. The van der Waals surface area contributed by atoms with Gasteiger partial charge in [0.05, 0.1) is 37.2 Å². The number of esters is 1. The number of urea groups is 1. The highest BCUT2D eigenvalue weighted by Gasteiger charge is 2.27. The van der Waals surface area contributed by atoms with E-state index in [1.54, 1.807) is 53.6 Å². The third kappa shape index (κ3) is 8.53. The van der Waals surface area contributed by atoms with Crippen molar-refractivity contribution >= 4 is 45.1 Å². The van der Waals surface area contributed by atoms with Gasteiger partial charge in [0.2, 0.25) is 0 Å². The zero-order valence-corrected chi connectivity index (χ0v) is 24.4. The Morgan fingerprint density at radius 2 is 1.73 bits per heavy atom. The average Bonchev–Trinajstić information content (AvgIpc) is 3.44. The molecule has 2 amide bonds. The number of Topliss-reactive ketones (excluding diaryl/α,β-unsaturated/α-hetero) is 1. The molecular weight excluding hydrogens is 594 g/mol. The lowest BCUT2D eigenvalue weighted by Crippen LogP contribution is -2.36. The van der Waals surface area contributed by atoms with Crippen molar-refractivity contribution in [3.05, 3.63) is 82.3 Å². The van der Waals surface area contributed by atoms with Gasteiger partial charge in [0, 0.05) is 17.4 Å². The minimum absolute atomic E-state index is 0.0104. The number of methoxy groups -OCH3 is 2. The molecule has 10 nitrogen and oxygen atoms in total. The van der Waals surface area contributed by atoms with Gasteiger partial charge < -0.3 is 24.8 Å². The van der Waals surface area contributed by atoms with Gasteiger partial charge in [0.15, 0.2) is 5.78 Å². The first-order valence-corrected chi connectivity index (χ1v) is 13.9. The van der Waals surface area contributed by atoms with E-state index in [1.807, 2.05) is 18.2 Å². The minimum atomic E-state index is -0.421. The number of hydrogen-bond donors (Lipinski definition) is 2. The van der Waals surface area contributed by atoms with Crippen LogP contribution in [0.5, 0.6) is 11.5 Å². The van der Waals surface area contributed by atoms with Gasteiger partial charge >= 0.3 is 12.0 Å². The molecule has 0 aromatic heterocycles. The number of carbonyl (C=O) groups is 3. The van der Waals surface area contributed by atoms with Gasteiger partial charge in [0.1, 0.15) is 24.7 Å². The molecule has 216 valence electrons. The van der Waals surface area contributed by atoms with Crippen LogP contribution in [-0.2, 0) is 20.8 Å². The Labute approximate surface area is 247 Å². The molecule has 41 heavy (non-hydrogen) atoms. The van der Waals surface area contributed by atoms with Crippen molar-refractivity contribution in [2.24, 2.45) is 0 Å². The second kappa shape index (κ2) is 14.6. The number of ether oxygens (including phenoxy) is 3. The van der Waals surface area contributed by atoms with Crippen LogP contribution in [-0.4, -0.2) is 62.9 Å². The Morgan fingerprint density at radius 3 is 2.46 bits per heavy atom. The Balaban J connectivity index is 1.25. The Bertz CT molecular complexity index is 1370. The summed E-state index contributed by atoms with van der Waals surface area (Å²) in [5.41, 5.74) is 2.30. The maximum Gasteiger partial charge on any atom is 0.337 e. The van der Waals surface area contributed by atoms with Crippen LogP contribution in [0.25, 0.3) is 0 Å². The highest BCUT2D eigenvalue weighted by Crippen LogP contribution is 2.27. The molecule has 1 aliphatic rings. The third-order valence-electron chi connectivity index (χ3n) is 6.47. The predicted molar refractivity (Wildman–Crippen MR) is 157 cm³/mol. The van der Waals surface area contributed by atoms with Crippen LogP contribution >= 0.6 is 15.9 Å². The van der Waals surface area contributed by atoms with Crippen molar-refractivity contribution < 1.29 is 33.4 Å². The van der Waals surface area contributed by atoms with Gasteiger partial charge in [-0.05, 0) is 82.9 Å². The van der Waals surface area contributed by atoms with Crippen molar-refractivity contribution in [3.8, 4) is 11.5 Å². The lowest BCUT2D eigenvalue weighted by molar-refractivity contribution is -0.179. The summed E-state index contributed by atoms with van der Waals surface area (Å²) in [5.74, 6) is 0.583. The van der Waals surface area contributed by atoms with Crippen LogP contribution in [0, 0.1) is 0 Å². The Hall–Kier alpha value is -3.93. The number of hydroxylamine groups is 2. The fourth-order valence-corrected chi connectivity index (χ4v) is 4.75. The smallest absolute Gasteiger partial charge is 0.337 e. The summed E-state index contributed by atoms with van der Waals surface area (Å²) in [6, 6.07) is 18.8. The van der Waals surface area contributed by atoms with Crippen molar-refractivity contribution in [2.75, 3.05) is 44.6 Å². The van der Waals surface area contributed by atoms with E-state index < -0.39 is 12.0 Å². The van der Waals surface area contributed by atoms with E-state index in [0.717, 1.165) is 22.9 Å². The van der Waals surface area contributed by atoms with E-state index >= 15 is 0 Å². The van der Waals surface area contributed by atoms with E-state index in [-0.39, 0.29) is 24.9 Å². The summed E-state index contributed by atoms with van der Waals surface area (Å²) in [7, 11) is 2.84. The molecule has 1 fully saturated rings. The molecule has 1 heterocycles.